The number of nitrogens with one attached hydrogen (secondary N) is 3. The molecule has 11 heteroatoms. The van der Waals surface area contributed by atoms with Crippen molar-refractivity contribution in [1.29, 1.82) is 0 Å². The standard InChI is InChI=1S/C29H35ClN5O4P/c1-5-27(36)32-20-11-14-25(38-2)24(15-20)34-29-31-17-22(30)28(35-29)33-23-13-12-21(16-26(23)40(3,4)37)39-18-19-9-7-6-8-10-19/h5,11-17,19H,1,6-10,18H2,2-4H3,(H,32,36)(H2,31,33,34,35). The highest BCUT2D eigenvalue weighted by atomic mass is 35.5. The van der Waals surface area contributed by atoms with E-state index in [1.54, 1.807) is 31.5 Å². The molecule has 9 nitrogen and oxygen atoms in total. The number of halogens is 1. The molecule has 0 saturated heterocycles. The van der Waals surface area contributed by atoms with Crippen molar-refractivity contribution >= 4 is 58.8 Å². The second-order valence-corrected chi connectivity index (χ2v) is 13.7. The minimum atomic E-state index is -2.69. The molecule has 40 heavy (non-hydrogen) atoms. The van der Waals surface area contributed by atoms with Crippen molar-refractivity contribution in [2.75, 3.05) is 43.0 Å². The van der Waals surface area contributed by atoms with E-state index in [1.165, 1.54) is 51.5 Å². The molecule has 0 spiro atoms. The third kappa shape index (κ3) is 7.77. The van der Waals surface area contributed by atoms with Crippen LogP contribution in [0.3, 0.4) is 0 Å². The molecular weight excluding hydrogens is 549 g/mol. The molecule has 212 valence electrons. The molecule has 1 aromatic heterocycles. The largest absolute Gasteiger partial charge is 0.495 e. The fraction of sp³-hybridized carbons (Fsp3) is 0.345. The van der Waals surface area contributed by atoms with Gasteiger partial charge in [-0.2, -0.15) is 4.98 Å². The van der Waals surface area contributed by atoms with Crippen LogP contribution in [0.4, 0.5) is 28.8 Å². The monoisotopic (exact) mass is 583 g/mol. The summed E-state index contributed by atoms with van der Waals surface area (Å²) < 4.78 is 24.8. The summed E-state index contributed by atoms with van der Waals surface area (Å²) in [7, 11) is -1.15. The summed E-state index contributed by atoms with van der Waals surface area (Å²) in [5, 5.41) is 9.98. The average molecular weight is 584 g/mol. The second-order valence-electron chi connectivity index (χ2n) is 10.1. The van der Waals surface area contributed by atoms with Crippen LogP contribution in [0.5, 0.6) is 11.5 Å². The summed E-state index contributed by atoms with van der Waals surface area (Å²) in [5.74, 6) is 2.02. The molecule has 0 unspecified atom stereocenters. The zero-order chi connectivity index (χ0) is 28.7. The van der Waals surface area contributed by atoms with E-state index < -0.39 is 7.14 Å². The predicted molar refractivity (Wildman–Crippen MR) is 163 cm³/mol. The van der Waals surface area contributed by atoms with Gasteiger partial charge < -0.3 is 30.0 Å². The highest BCUT2D eigenvalue weighted by Gasteiger charge is 2.20. The van der Waals surface area contributed by atoms with Crippen molar-refractivity contribution in [3.63, 3.8) is 0 Å². The Labute approximate surface area is 240 Å². The maximum atomic E-state index is 13.3. The van der Waals surface area contributed by atoms with Gasteiger partial charge in [-0.25, -0.2) is 4.98 Å². The van der Waals surface area contributed by atoms with Gasteiger partial charge in [0.1, 0.15) is 23.7 Å². The molecule has 0 atom stereocenters. The topological polar surface area (TPSA) is 114 Å². The molecule has 3 N–H and O–H groups in total. The molecule has 1 heterocycles. The molecule has 0 aliphatic heterocycles. The number of carbonyl (C=O) groups excluding carboxylic acids is 1. The molecule has 2 aromatic carbocycles. The maximum Gasteiger partial charge on any atom is 0.247 e. The predicted octanol–water partition coefficient (Wildman–Crippen LogP) is 6.96. The van der Waals surface area contributed by atoms with Crippen LogP contribution in [0.2, 0.25) is 5.02 Å². The number of ether oxygens (including phenoxy) is 2. The van der Waals surface area contributed by atoms with Crippen LogP contribution in [-0.2, 0) is 9.36 Å². The first-order chi connectivity index (χ1) is 19.2. The number of aromatic nitrogens is 2. The number of anilines is 5. The van der Waals surface area contributed by atoms with E-state index in [0.717, 1.165) is 0 Å². The van der Waals surface area contributed by atoms with E-state index in [2.05, 4.69) is 32.5 Å². The molecule has 0 radical (unpaired) electrons. The Hall–Kier alpha value is -3.55. The third-order valence-electron chi connectivity index (χ3n) is 6.66. The molecule has 4 rings (SSSR count). The fourth-order valence-electron chi connectivity index (χ4n) is 4.56. The van der Waals surface area contributed by atoms with Crippen LogP contribution < -0.4 is 30.7 Å². The first-order valence-corrected chi connectivity index (χ1v) is 16.1. The number of methoxy groups -OCH3 is 1. The number of hydrogen-bond acceptors (Lipinski definition) is 8. The second kappa shape index (κ2) is 13.2. The van der Waals surface area contributed by atoms with Gasteiger partial charge in [0.25, 0.3) is 0 Å². The van der Waals surface area contributed by atoms with Gasteiger partial charge in [-0.1, -0.05) is 37.4 Å². The Morgan fingerprint density at radius 1 is 1.12 bits per heavy atom. The summed E-state index contributed by atoms with van der Waals surface area (Å²) in [6.07, 6.45) is 8.83. The smallest absolute Gasteiger partial charge is 0.247 e. The Bertz CT molecular complexity index is 1420. The first kappa shape index (κ1) is 29.4. The lowest BCUT2D eigenvalue weighted by Crippen LogP contribution is -2.16. The summed E-state index contributed by atoms with van der Waals surface area (Å²) in [6, 6.07) is 10.7. The van der Waals surface area contributed by atoms with E-state index >= 15 is 0 Å². The number of benzene rings is 2. The Balaban J connectivity index is 1.56. The van der Waals surface area contributed by atoms with E-state index in [4.69, 9.17) is 21.1 Å². The van der Waals surface area contributed by atoms with Gasteiger partial charge in [-0.3, -0.25) is 4.79 Å². The summed E-state index contributed by atoms with van der Waals surface area (Å²) in [5.41, 5.74) is 1.69. The van der Waals surface area contributed by atoms with E-state index in [9.17, 15) is 9.36 Å². The minimum absolute atomic E-state index is 0.238. The summed E-state index contributed by atoms with van der Waals surface area (Å²) >= 11 is 6.45. The number of carbonyl (C=O) groups is 1. The first-order valence-electron chi connectivity index (χ1n) is 13.2. The number of rotatable bonds is 11. The van der Waals surface area contributed by atoms with E-state index in [1.807, 2.05) is 18.2 Å². The molecule has 1 saturated carbocycles. The van der Waals surface area contributed by atoms with Crippen molar-refractivity contribution in [3.05, 3.63) is 60.3 Å². The van der Waals surface area contributed by atoms with Crippen LogP contribution in [-0.4, -0.2) is 42.9 Å². The number of hydrogen-bond donors (Lipinski definition) is 3. The highest BCUT2D eigenvalue weighted by molar-refractivity contribution is 7.70. The van der Waals surface area contributed by atoms with Gasteiger partial charge in [-0.15, -0.1) is 0 Å². The fourth-order valence-corrected chi connectivity index (χ4v) is 5.85. The molecule has 1 aliphatic carbocycles. The van der Waals surface area contributed by atoms with Gasteiger partial charge in [0.15, 0.2) is 5.82 Å². The van der Waals surface area contributed by atoms with Gasteiger partial charge in [-0.05, 0) is 74.6 Å². The van der Waals surface area contributed by atoms with Crippen LogP contribution >= 0.6 is 18.7 Å². The lowest BCUT2D eigenvalue weighted by molar-refractivity contribution is -0.111. The van der Waals surface area contributed by atoms with Gasteiger partial charge >= 0.3 is 0 Å². The van der Waals surface area contributed by atoms with Crippen molar-refractivity contribution in [1.82, 2.24) is 9.97 Å². The van der Waals surface area contributed by atoms with Crippen molar-refractivity contribution in [2.24, 2.45) is 5.92 Å². The van der Waals surface area contributed by atoms with Crippen molar-refractivity contribution in [3.8, 4) is 11.5 Å². The average Bonchev–Trinajstić information content (AvgIpc) is 2.94. The zero-order valence-corrected chi connectivity index (χ0v) is 24.6. The van der Waals surface area contributed by atoms with Crippen LogP contribution in [0.1, 0.15) is 32.1 Å². The van der Waals surface area contributed by atoms with Gasteiger partial charge in [0.05, 0.1) is 31.3 Å². The normalized spacial score (nSPS) is 13.8. The summed E-state index contributed by atoms with van der Waals surface area (Å²) in [4.78, 5) is 20.6. The Morgan fingerprint density at radius 3 is 2.60 bits per heavy atom. The molecule has 1 aliphatic rings. The van der Waals surface area contributed by atoms with Crippen molar-refractivity contribution < 1.29 is 18.8 Å². The van der Waals surface area contributed by atoms with Crippen LogP contribution in [0, 0.1) is 5.92 Å². The molecule has 1 amide bonds. The quantitative estimate of drug-likeness (QED) is 0.164. The molecular formula is C29H35ClN5O4P. The Morgan fingerprint density at radius 2 is 1.90 bits per heavy atom. The SMILES string of the molecule is C=CC(=O)Nc1ccc(OC)c(Nc2ncc(Cl)c(Nc3ccc(OCC4CCCCC4)cc3P(C)(C)=O)n2)c1. The lowest BCUT2D eigenvalue weighted by atomic mass is 9.90. The van der Waals surface area contributed by atoms with Gasteiger partial charge in [0.2, 0.25) is 11.9 Å². The lowest BCUT2D eigenvalue weighted by Gasteiger charge is -2.22. The summed E-state index contributed by atoms with van der Waals surface area (Å²) in [6.45, 7) is 7.58. The molecule has 3 aromatic rings. The van der Waals surface area contributed by atoms with E-state index in [-0.39, 0.29) is 16.9 Å². The van der Waals surface area contributed by atoms with Crippen LogP contribution in [0.25, 0.3) is 0 Å². The zero-order valence-electron chi connectivity index (χ0n) is 23.0. The minimum Gasteiger partial charge on any atom is -0.495 e. The number of nitrogens with zero attached hydrogens (tertiary/aromatic N) is 2. The Kier molecular flexibility index (Phi) is 9.71. The molecule has 1 fully saturated rings. The number of amides is 1. The van der Waals surface area contributed by atoms with Crippen molar-refractivity contribution in [2.45, 2.75) is 32.1 Å². The molecule has 0 bridgehead atoms. The maximum absolute atomic E-state index is 13.3. The van der Waals surface area contributed by atoms with Gasteiger partial charge in [0, 0.05) is 11.0 Å². The van der Waals surface area contributed by atoms with Crippen LogP contribution in [0.15, 0.2) is 55.3 Å². The van der Waals surface area contributed by atoms with E-state index in [0.29, 0.717) is 52.2 Å². The highest BCUT2D eigenvalue weighted by Crippen LogP contribution is 2.40. The third-order valence-corrected chi connectivity index (χ3v) is 8.46.